The summed E-state index contributed by atoms with van der Waals surface area (Å²) in [6.07, 6.45) is 1.97. The first-order valence-corrected chi connectivity index (χ1v) is 12.5. The van der Waals surface area contributed by atoms with Gasteiger partial charge in [-0.25, -0.2) is 0 Å². The van der Waals surface area contributed by atoms with E-state index in [1.54, 1.807) is 0 Å². The lowest BCUT2D eigenvalue weighted by Crippen LogP contribution is -2.44. The molecule has 0 unspecified atom stereocenters. The van der Waals surface area contributed by atoms with Crippen LogP contribution in [0.4, 0.5) is 0 Å². The number of hydrogen-bond donors (Lipinski definition) is 1. The van der Waals surface area contributed by atoms with E-state index in [0.29, 0.717) is 5.02 Å². The largest absolute Gasteiger partial charge is 0.349 e. The van der Waals surface area contributed by atoms with Crippen LogP contribution in [-0.2, 0) is 12.0 Å². The Morgan fingerprint density at radius 2 is 1.78 bits per heavy atom. The van der Waals surface area contributed by atoms with E-state index in [0.717, 1.165) is 47.8 Å². The van der Waals surface area contributed by atoms with E-state index < -0.39 is 0 Å². The van der Waals surface area contributed by atoms with Crippen LogP contribution in [0.3, 0.4) is 0 Å². The van der Waals surface area contributed by atoms with Gasteiger partial charge in [-0.3, -0.25) is 9.69 Å². The summed E-state index contributed by atoms with van der Waals surface area (Å²) in [7, 11) is 0. The Balaban J connectivity index is 1.27. The van der Waals surface area contributed by atoms with E-state index in [2.05, 4.69) is 55.3 Å². The molecule has 5 heteroatoms. The van der Waals surface area contributed by atoms with Crippen molar-refractivity contribution in [3.05, 3.63) is 81.7 Å². The van der Waals surface area contributed by atoms with Crippen molar-refractivity contribution in [2.24, 2.45) is 0 Å². The van der Waals surface area contributed by atoms with Crippen molar-refractivity contribution < 1.29 is 4.79 Å². The Morgan fingerprint density at radius 1 is 1.06 bits per heavy atom. The summed E-state index contributed by atoms with van der Waals surface area (Å²) in [6.45, 7) is 9.72. The first-order chi connectivity index (χ1) is 15.3. The molecule has 1 aliphatic heterocycles. The second-order valence-corrected chi connectivity index (χ2v) is 11.2. The lowest BCUT2D eigenvalue weighted by molar-refractivity contribution is 0.0913. The lowest BCUT2D eigenvalue weighted by atomic mass is 9.86. The number of nitrogens with zero attached hydrogens (tertiary/aromatic N) is 1. The van der Waals surface area contributed by atoms with Gasteiger partial charge in [0, 0.05) is 35.6 Å². The number of likely N-dealkylation sites (tertiary alicyclic amines) is 1. The summed E-state index contributed by atoms with van der Waals surface area (Å²) >= 11 is 7.62. The van der Waals surface area contributed by atoms with E-state index in [9.17, 15) is 4.79 Å². The number of hydrogen-bond acceptors (Lipinski definition) is 3. The molecule has 0 radical (unpaired) electrons. The van der Waals surface area contributed by atoms with Crippen LogP contribution in [0, 0.1) is 0 Å². The number of benzene rings is 2. The zero-order valence-electron chi connectivity index (χ0n) is 19.0. The number of halogens is 1. The van der Waals surface area contributed by atoms with Crippen molar-refractivity contribution in [2.45, 2.75) is 51.6 Å². The van der Waals surface area contributed by atoms with Crippen LogP contribution in [0.15, 0.2) is 60.7 Å². The zero-order valence-corrected chi connectivity index (χ0v) is 20.6. The highest BCUT2D eigenvalue weighted by atomic mass is 35.5. The molecule has 1 N–H and O–H groups in total. The maximum atomic E-state index is 12.8. The third-order valence-electron chi connectivity index (χ3n) is 6.09. The molecule has 3 nitrogen and oxygen atoms in total. The van der Waals surface area contributed by atoms with Crippen LogP contribution < -0.4 is 5.32 Å². The van der Waals surface area contributed by atoms with Crippen molar-refractivity contribution in [1.29, 1.82) is 0 Å². The molecule has 168 valence electrons. The molecule has 1 aliphatic rings. The van der Waals surface area contributed by atoms with E-state index in [4.69, 9.17) is 11.6 Å². The average molecular weight is 467 g/mol. The van der Waals surface area contributed by atoms with Crippen molar-refractivity contribution in [1.82, 2.24) is 10.2 Å². The molecule has 3 aromatic rings. The van der Waals surface area contributed by atoms with Crippen LogP contribution in [0.5, 0.6) is 0 Å². The summed E-state index contributed by atoms with van der Waals surface area (Å²) in [5.74, 6) is 0.0273. The SMILES string of the molecule is CC(C)(C)c1ccc(CN2CCC(NC(=O)c3ccc(-c4cccc(Cl)c4)s3)CC2)cc1. The van der Waals surface area contributed by atoms with Crippen molar-refractivity contribution >= 4 is 28.8 Å². The van der Waals surface area contributed by atoms with Gasteiger partial charge >= 0.3 is 0 Å². The van der Waals surface area contributed by atoms with Gasteiger partial charge < -0.3 is 5.32 Å². The maximum Gasteiger partial charge on any atom is 0.261 e. The quantitative estimate of drug-likeness (QED) is 0.450. The second kappa shape index (κ2) is 9.78. The number of rotatable bonds is 5. The van der Waals surface area contributed by atoms with Gasteiger partial charge in [0.05, 0.1) is 4.88 Å². The molecular weight excluding hydrogens is 436 g/mol. The van der Waals surface area contributed by atoms with E-state index in [1.165, 1.54) is 22.5 Å². The molecule has 0 saturated carbocycles. The molecule has 0 bridgehead atoms. The predicted octanol–water partition coefficient (Wildman–Crippen LogP) is 6.76. The number of piperidine rings is 1. The molecule has 32 heavy (non-hydrogen) atoms. The lowest BCUT2D eigenvalue weighted by Gasteiger charge is -2.32. The summed E-state index contributed by atoms with van der Waals surface area (Å²) in [5.41, 5.74) is 3.96. The molecule has 1 aromatic heterocycles. The minimum absolute atomic E-state index is 0.0273. The first-order valence-electron chi connectivity index (χ1n) is 11.3. The summed E-state index contributed by atoms with van der Waals surface area (Å²) in [6, 6.07) is 20.9. The fraction of sp³-hybridized carbons (Fsp3) is 0.370. The number of thiophene rings is 1. The van der Waals surface area contributed by atoms with Crippen molar-refractivity contribution in [3.63, 3.8) is 0 Å². The fourth-order valence-electron chi connectivity index (χ4n) is 4.12. The molecule has 0 atom stereocenters. The number of carbonyl (C=O) groups excluding carboxylic acids is 1. The standard InChI is InChI=1S/C27H31ClN2OS/c1-27(2,3)21-9-7-19(8-10-21)18-30-15-13-23(14-16-30)29-26(31)25-12-11-24(32-25)20-5-4-6-22(28)17-20/h4-12,17,23H,13-16,18H2,1-3H3,(H,29,31). The monoisotopic (exact) mass is 466 g/mol. The Hall–Kier alpha value is -2.14. The Kier molecular flexibility index (Phi) is 7.04. The van der Waals surface area contributed by atoms with Gasteiger partial charge in [0.2, 0.25) is 0 Å². The highest BCUT2D eigenvalue weighted by molar-refractivity contribution is 7.17. The fourth-order valence-corrected chi connectivity index (χ4v) is 5.21. The zero-order chi connectivity index (χ0) is 22.7. The Labute approximate surface area is 200 Å². The maximum absolute atomic E-state index is 12.8. The molecule has 0 spiro atoms. The topological polar surface area (TPSA) is 32.3 Å². The molecular formula is C27H31ClN2OS. The van der Waals surface area contributed by atoms with Gasteiger partial charge in [0.15, 0.2) is 0 Å². The molecule has 2 aromatic carbocycles. The highest BCUT2D eigenvalue weighted by Gasteiger charge is 2.22. The number of carbonyl (C=O) groups is 1. The molecule has 1 amide bonds. The summed E-state index contributed by atoms with van der Waals surface area (Å²) in [4.78, 5) is 17.1. The van der Waals surface area contributed by atoms with Gasteiger partial charge in [-0.05, 0) is 59.2 Å². The second-order valence-electron chi connectivity index (χ2n) is 9.65. The number of nitrogens with one attached hydrogen (secondary N) is 1. The normalized spacial score (nSPS) is 15.6. The van der Waals surface area contributed by atoms with Gasteiger partial charge in [0.1, 0.15) is 0 Å². The third kappa shape index (κ3) is 5.80. The van der Waals surface area contributed by atoms with Gasteiger partial charge in [-0.15, -0.1) is 11.3 Å². The van der Waals surface area contributed by atoms with E-state index in [-0.39, 0.29) is 17.4 Å². The van der Waals surface area contributed by atoms with E-state index >= 15 is 0 Å². The van der Waals surface area contributed by atoms with Crippen molar-refractivity contribution in [2.75, 3.05) is 13.1 Å². The van der Waals surface area contributed by atoms with Gasteiger partial charge in [0.25, 0.3) is 5.91 Å². The van der Waals surface area contributed by atoms with Crippen LogP contribution >= 0.6 is 22.9 Å². The smallest absolute Gasteiger partial charge is 0.261 e. The van der Waals surface area contributed by atoms with Gasteiger partial charge in [-0.2, -0.15) is 0 Å². The Morgan fingerprint density at radius 3 is 2.44 bits per heavy atom. The van der Waals surface area contributed by atoms with Crippen LogP contribution in [0.1, 0.15) is 54.4 Å². The van der Waals surface area contributed by atoms with Crippen LogP contribution in [-0.4, -0.2) is 29.9 Å². The highest BCUT2D eigenvalue weighted by Crippen LogP contribution is 2.30. The van der Waals surface area contributed by atoms with E-state index in [1.807, 2.05) is 36.4 Å². The van der Waals surface area contributed by atoms with Crippen LogP contribution in [0.25, 0.3) is 10.4 Å². The van der Waals surface area contributed by atoms with Gasteiger partial charge in [-0.1, -0.05) is 68.8 Å². The summed E-state index contributed by atoms with van der Waals surface area (Å²) < 4.78 is 0. The molecule has 1 saturated heterocycles. The Bertz CT molecular complexity index is 1060. The minimum atomic E-state index is 0.0273. The molecule has 2 heterocycles. The summed E-state index contributed by atoms with van der Waals surface area (Å²) in [5, 5.41) is 3.95. The van der Waals surface area contributed by atoms with Crippen LogP contribution in [0.2, 0.25) is 5.02 Å². The molecule has 1 fully saturated rings. The third-order valence-corrected chi connectivity index (χ3v) is 7.46. The van der Waals surface area contributed by atoms with Crippen molar-refractivity contribution in [3.8, 4) is 10.4 Å². The molecule has 0 aliphatic carbocycles. The first kappa shape index (κ1) is 23.0. The number of amides is 1. The molecule has 4 rings (SSSR count). The average Bonchev–Trinajstić information content (AvgIpc) is 3.26. The minimum Gasteiger partial charge on any atom is -0.349 e. The predicted molar refractivity (Wildman–Crippen MR) is 136 cm³/mol.